The number of hydrazone groups is 1. The molecule has 2 aromatic carbocycles. The number of carbonyl (C=O) groups excluding carboxylic acids is 2. The van der Waals surface area contributed by atoms with Gasteiger partial charge in [0.15, 0.2) is 11.2 Å². The van der Waals surface area contributed by atoms with Gasteiger partial charge in [-0.3, -0.25) is 9.59 Å². The van der Waals surface area contributed by atoms with E-state index in [1.165, 1.54) is 11.1 Å². The highest BCUT2D eigenvalue weighted by Gasteiger charge is 2.60. The molecule has 1 heterocycles. The molecule has 130 valence electrons. The van der Waals surface area contributed by atoms with Crippen molar-refractivity contribution in [1.29, 1.82) is 0 Å². The molecule has 4 heteroatoms. The Morgan fingerprint density at radius 3 is 2.54 bits per heavy atom. The summed E-state index contributed by atoms with van der Waals surface area (Å²) in [6, 6.07) is 17.3. The molecule has 0 aromatic heterocycles. The molecule has 26 heavy (non-hydrogen) atoms. The zero-order valence-corrected chi connectivity index (χ0v) is 14.8. The molecular formula is C22H20N2O2. The summed E-state index contributed by atoms with van der Waals surface area (Å²) in [6.07, 6.45) is 4.04. The highest BCUT2D eigenvalue weighted by molar-refractivity contribution is 6.34. The zero-order valence-electron chi connectivity index (χ0n) is 14.8. The summed E-state index contributed by atoms with van der Waals surface area (Å²) in [5.41, 5.74) is 2.10. The number of rotatable bonds is 2. The minimum Gasteiger partial charge on any atom is -0.293 e. The number of ketones is 1. The Balaban J connectivity index is 1.86. The van der Waals surface area contributed by atoms with Gasteiger partial charge in [-0.1, -0.05) is 54.1 Å². The van der Waals surface area contributed by atoms with Crippen LogP contribution >= 0.6 is 0 Å². The maximum absolute atomic E-state index is 13.5. The maximum atomic E-state index is 13.5. The lowest BCUT2D eigenvalue weighted by Gasteiger charge is -2.36. The van der Waals surface area contributed by atoms with Crippen LogP contribution in [-0.4, -0.2) is 17.4 Å². The Labute approximate surface area is 152 Å². The molecule has 1 amide bonds. The topological polar surface area (TPSA) is 49.7 Å². The molecule has 0 fully saturated rings. The van der Waals surface area contributed by atoms with E-state index < -0.39 is 5.41 Å². The van der Waals surface area contributed by atoms with Gasteiger partial charge in [-0.05, 0) is 44.0 Å². The number of anilines is 1. The van der Waals surface area contributed by atoms with Gasteiger partial charge in [0, 0.05) is 5.92 Å². The van der Waals surface area contributed by atoms with E-state index in [1.54, 1.807) is 6.92 Å². The van der Waals surface area contributed by atoms with E-state index in [4.69, 9.17) is 0 Å². The van der Waals surface area contributed by atoms with Crippen molar-refractivity contribution in [2.24, 2.45) is 10.5 Å². The predicted molar refractivity (Wildman–Crippen MR) is 102 cm³/mol. The first-order chi connectivity index (χ1) is 12.5. The van der Waals surface area contributed by atoms with Gasteiger partial charge in [-0.15, -0.1) is 0 Å². The molecule has 1 aliphatic carbocycles. The molecule has 2 atom stereocenters. The van der Waals surface area contributed by atoms with Crippen molar-refractivity contribution in [1.82, 2.24) is 0 Å². The molecule has 1 aliphatic heterocycles. The SMILES string of the molecule is CC1=NN(c2ccccc2)C(=O)[C@]12C(=O)C=CC[C@H]2c1cccc(C)c1. The summed E-state index contributed by atoms with van der Waals surface area (Å²) >= 11 is 0. The summed E-state index contributed by atoms with van der Waals surface area (Å²) in [5, 5.41) is 5.90. The van der Waals surface area contributed by atoms with Gasteiger partial charge in [0.1, 0.15) is 0 Å². The molecule has 2 aromatic rings. The largest absolute Gasteiger partial charge is 0.293 e. The first-order valence-corrected chi connectivity index (χ1v) is 8.78. The molecule has 0 unspecified atom stereocenters. The van der Waals surface area contributed by atoms with Crippen molar-refractivity contribution in [3.63, 3.8) is 0 Å². The smallest absolute Gasteiger partial charge is 0.267 e. The molecule has 0 bridgehead atoms. The van der Waals surface area contributed by atoms with Crippen molar-refractivity contribution >= 4 is 23.1 Å². The quantitative estimate of drug-likeness (QED) is 0.773. The Hall–Kier alpha value is -3.01. The number of allylic oxidation sites excluding steroid dienone is 2. The monoisotopic (exact) mass is 344 g/mol. The van der Waals surface area contributed by atoms with Crippen LogP contribution in [0.25, 0.3) is 0 Å². The van der Waals surface area contributed by atoms with Crippen molar-refractivity contribution < 1.29 is 9.59 Å². The van der Waals surface area contributed by atoms with Crippen molar-refractivity contribution in [3.05, 3.63) is 77.9 Å². The molecule has 0 saturated carbocycles. The Morgan fingerprint density at radius 2 is 1.81 bits per heavy atom. The van der Waals surface area contributed by atoms with E-state index in [2.05, 4.69) is 11.2 Å². The second kappa shape index (κ2) is 6.06. The minimum atomic E-state index is -1.25. The third-order valence-corrected chi connectivity index (χ3v) is 5.35. The molecule has 0 radical (unpaired) electrons. The van der Waals surface area contributed by atoms with Crippen LogP contribution in [0.4, 0.5) is 5.69 Å². The van der Waals surface area contributed by atoms with E-state index in [9.17, 15) is 9.59 Å². The van der Waals surface area contributed by atoms with Crippen LogP contribution in [0.1, 0.15) is 30.4 Å². The van der Waals surface area contributed by atoms with Gasteiger partial charge >= 0.3 is 0 Å². The van der Waals surface area contributed by atoms with E-state index in [0.29, 0.717) is 17.8 Å². The van der Waals surface area contributed by atoms with Crippen LogP contribution < -0.4 is 5.01 Å². The summed E-state index contributed by atoms with van der Waals surface area (Å²) in [6.45, 7) is 3.81. The normalized spacial score (nSPS) is 25.1. The zero-order chi connectivity index (χ0) is 18.3. The van der Waals surface area contributed by atoms with Crippen LogP contribution in [0.15, 0.2) is 71.9 Å². The highest BCUT2D eigenvalue weighted by atomic mass is 16.2. The first kappa shape index (κ1) is 16.5. The standard InChI is InChI=1S/C22H20N2O2/c1-15-8-6-9-17(14-15)19-12-7-13-20(25)22(19)16(2)23-24(21(22)26)18-10-4-3-5-11-18/h3-11,13-14,19H,12H2,1-2H3/t19-,22+/m0/s1. The van der Waals surface area contributed by atoms with Crippen molar-refractivity contribution in [3.8, 4) is 0 Å². The lowest BCUT2D eigenvalue weighted by Crippen LogP contribution is -2.50. The van der Waals surface area contributed by atoms with Crippen LogP contribution in [0.2, 0.25) is 0 Å². The first-order valence-electron chi connectivity index (χ1n) is 8.78. The Morgan fingerprint density at radius 1 is 1.04 bits per heavy atom. The Kier molecular flexibility index (Phi) is 3.83. The van der Waals surface area contributed by atoms with Crippen LogP contribution in [0.3, 0.4) is 0 Å². The van der Waals surface area contributed by atoms with Gasteiger partial charge in [0.25, 0.3) is 5.91 Å². The number of nitrogens with zero attached hydrogens (tertiary/aromatic N) is 2. The molecule has 4 nitrogen and oxygen atoms in total. The number of hydrogen-bond acceptors (Lipinski definition) is 3. The number of carbonyl (C=O) groups is 2. The van der Waals surface area contributed by atoms with Gasteiger partial charge in [-0.25, -0.2) is 0 Å². The summed E-state index contributed by atoms with van der Waals surface area (Å²) in [7, 11) is 0. The number of aryl methyl sites for hydroxylation is 1. The van der Waals surface area contributed by atoms with Gasteiger partial charge in [-0.2, -0.15) is 10.1 Å². The molecule has 0 saturated heterocycles. The number of amides is 1. The molecule has 1 spiro atoms. The van der Waals surface area contributed by atoms with E-state index in [1.807, 2.05) is 61.5 Å². The molecular weight excluding hydrogens is 324 g/mol. The van der Waals surface area contributed by atoms with E-state index in [0.717, 1.165) is 11.1 Å². The van der Waals surface area contributed by atoms with Gasteiger partial charge in [0.2, 0.25) is 0 Å². The third kappa shape index (κ3) is 2.25. The second-order valence-electron chi connectivity index (χ2n) is 6.91. The molecule has 4 rings (SSSR count). The summed E-state index contributed by atoms with van der Waals surface area (Å²) in [4.78, 5) is 26.6. The average molecular weight is 344 g/mol. The average Bonchev–Trinajstić information content (AvgIpc) is 2.91. The Bertz CT molecular complexity index is 946. The van der Waals surface area contributed by atoms with Gasteiger partial charge < -0.3 is 0 Å². The fourth-order valence-corrected chi connectivity index (χ4v) is 4.09. The predicted octanol–water partition coefficient (Wildman–Crippen LogP) is 4.02. The number of hydrogen-bond donors (Lipinski definition) is 0. The summed E-state index contributed by atoms with van der Waals surface area (Å²) in [5.74, 6) is -0.688. The fraction of sp³-hybridized carbons (Fsp3) is 0.227. The van der Waals surface area contributed by atoms with E-state index >= 15 is 0 Å². The molecule has 2 aliphatic rings. The molecule has 0 N–H and O–H groups in total. The third-order valence-electron chi connectivity index (χ3n) is 5.35. The van der Waals surface area contributed by atoms with Gasteiger partial charge in [0.05, 0.1) is 11.4 Å². The number of benzene rings is 2. The van der Waals surface area contributed by atoms with E-state index in [-0.39, 0.29) is 17.6 Å². The van der Waals surface area contributed by atoms with Crippen LogP contribution in [-0.2, 0) is 9.59 Å². The minimum absolute atomic E-state index is 0.181. The fourth-order valence-electron chi connectivity index (χ4n) is 4.09. The number of para-hydroxylation sites is 1. The highest BCUT2D eigenvalue weighted by Crippen LogP contribution is 2.49. The lowest BCUT2D eigenvalue weighted by atomic mass is 9.62. The van der Waals surface area contributed by atoms with Crippen molar-refractivity contribution in [2.75, 3.05) is 5.01 Å². The van der Waals surface area contributed by atoms with Crippen LogP contribution in [0.5, 0.6) is 0 Å². The summed E-state index contributed by atoms with van der Waals surface area (Å²) < 4.78 is 0. The van der Waals surface area contributed by atoms with Crippen molar-refractivity contribution in [2.45, 2.75) is 26.2 Å². The second-order valence-corrected chi connectivity index (χ2v) is 6.91. The van der Waals surface area contributed by atoms with Crippen LogP contribution in [0, 0.1) is 12.3 Å². The lowest BCUT2D eigenvalue weighted by molar-refractivity contribution is -0.134. The maximum Gasteiger partial charge on any atom is 0.267 e.